The molecule has 1 rings (SSSR count). The number of hydrogen-bond acceptors (Lipinski definition) is 5. The molecule has 0 saturated carbocycles. The predicted octanol–water partition coefficient (Wildman–Crippen LogP) is 2.92. The monoisotopic (exact) mass is 270 g/mol. The standard InChI is InChI=1S/C13H22N2O2S/c1-5-10(12-15-8-9-18-12)14-7-6-11(16)17-13(2,3)4/h8-10,14H,5-7H2,1-4H3. The molecule has 0 amide bonds. The van der Waals surface area contributed by atoms with E-state index < -0.39 is 5.60 Å². The molecule has 0 saturated heterocycles. The first kappa shape index (κ1) is 15.1. The highest BCUT2D eigenvalue weighted by Gasteiger charge is 2.17. The fourth-order valence-electron chi connectivity index (χ4n) is 1.55. The summed E-state index contributed by atoms with van der Waals surface area (Å²) in [5.41, 5.74) is -0.406. The van der Waals surface area contributed by atoms with Gasteiger partial charge in [-0.25, -0.2) is 4.98 Å². The minimum absolute atomic E-state index is 0.163. The van der Waals surface area contributed by atoms with E-state index in [1.54, 1.807) is 17.5 Å². The average molecular weight is 270 g/mol. The maximum absolute atomic E-state index is 11.5. The Kier molecular flexibility index (Phi) is 5.75. The van der Waals surface area contributed by atoms with Gasteiger partial charge in [-0.05, 0) is 27.2 Å². The van der Waals surface area contributed by atoms with Crippen molar-refractivity contribution < 1.29 is 9.53 Å². The Morgan fingerprint density at radius 1 is 1.56 bits per heavy atom. The number of ether oxygens (including phenoxy) is 1. The van der Waals surface area contributed by atoms with Gasteiger partial charge >= 0.3 is 5.97 Å². The number of esters is 1. The van der Waals surface area contributed by atoms with Gasteiger partial charge < -0.3 is 10.1 Å². The van der Waals surface area contributed by atoms with Gasteiger partial charge in [-0.15, -0.1) is 11.3 Å². The molecule has 0 fully saturated rings. The Labute approximate surface area is 113 Å². The van der Waals surface area contributed by atoms with Crippen LogP contribution in [0.3, 0.4) is 0 Å². The van der Waals surface area contributed by atoms with E-state index >= 15 is 0 Å². The van der Waals surface area contributed by atoms with E-state index in [0.29, 0.717) is 13.0 Å². The third-order valence-electron chi connectivity index (χ3n) is 2.30. The van der Waals surface area contributed by atoms with Crippen molar-refractivity contribution in [3.05, 3.63) is 16.6 Å². The molecule has 1 N–H and O–H groups in total. The Bertz CT molecular complexity index is 358. The van der Waals surface area contributed by atoms with E-state index in [0.717, 1.165) is 11.4 Å². The van der Waals surface area contributed by atoms with E-state index in [2.05, 4.69) is 17.2 Å². The molecular formula is C13H22N2O2S. The van der Waals surface area contributed by atoms with Crippen LogP contribution in [0.2, 0.25) is 0 Å². The summed E-state index contributed by atoms with van der Waals surface area (Å²) in [4.78, 5) is 15.8. The second-order valence-corrected chi connectivity index (χ2v) is 6.05. The zero-order valence-electron chi connectivity index (χ0n) is 11.5. The lowest BCUT2D eigenvalue weighted by molar-refractivity contribution is -0.154. The molecule has 0 spiro atoms. The molecule has 0 bridgehead atoms. The lowest BCUT2D eigenvalue weighted by Crippen LogP contribution is -2.28. The summed E-state index contributed by atoms with van der Waals surface area (Å²) in [5, 5.41) is 6.37. The normalized spacial score (nSPS) is 13.3. The van der Waals surface area contributed by atoms with Gasteiger partial charge in [0.2, 0.25) is 0 Å². The highest BCUT2D eigenvalue weighted by Crippen LogP contribution is 2.18. The Balaban J connectivity index is 2.30. The molecule has 0 aliphatic rings. The van der Waals surface area contributed by atoms with Crippen molar-refractivity contribution in [2.45, 2.75) is 52.2 Å². The summed E-state index contributed by atoms with van der Waals surface area (Å²) < 4.78 is 5.25. The third-order valence-corrected chi connectivity index (χ3v) is 3.19. The Hall–Kier alpha value is -0.940. The molecule has 0 aliphatic heterocycles. The minimum atomic E-state index is -0.406. The highest BCUT2D eigenvalue weighted by molar-refractivity contribution is 7.09. The first-order valence-corrected chi connectivity index (χ1v) is 7.15. The summed E-state index contributed by atoms with van der Waals surface area (Å²) in [7, 11) is 0. The van der Waals surface area contributed by atoms with Crippen molar-refractivity contribution in [1.29, 1.82) is 0 Å². The first-order valence-electron chi connectivity index (χ1n) is 6.27. The van der Waals surface area contributed by atoms with Gasteiger partial charge in [0.1, 0.15) is 10.6 Å². The van der Waals surface area contributed by atoms with Gasteiger partial charge in [-0.1, -0.05) is 6.92 Å². The van der Waals surface area contributed by atoms with Crippen molar-refractivity contribution in [1.82, 2.24) is 10.3 Å². The highest BCUT2D eigenvalue weighted by atomic mass is 32.1. The Morgan fingerprint density at radius 2 is 2.28 bits per heavy atom. The minimum Gasteiger partial charge on any atom is -0.460 e. The number of hydrogen-bond donors (Lipinski definition) is 1. The van der Waals surface area contributed by atoms with Gasteiger partial charge in [0.15, 0.2) is 0 Å². The molecule has 5 heteroatoms. The van der Waals surface area contributed by atoms with Crippen molar-refractivity contribution in [3.63, 3.8) is 0 Å². The number of thiazole rings is 1. The van der Waals surface area contributed by atoms with Crippen LogP contribution in [0.5, 0.6) is 0 Å². The lowest BCUT2D eigenvalue weighted by Gasteiger charge is -2.20. The van der Waals surface area contributed by atoms with Crippen LogP contribution in [0.15, 0.2) is 11.6 Å². The molecule has 1 aromatic rings. The molecular weight excluding hydrogens is 248 g/mol. The zero-order valence-corrected chi connectivity index (χ0v) is 12.3. The molecule has 1 unspecified atom stereocenters. The van der Waals surface area contributed by atoms with E-state index in [-0.39, 0.29) is 12.0 Å². The third kappa shape index (κ3) is 5.60. The smallest absolute Gasteiger partial charge is 0.307 e. The number of aromatic nitrogens is 1. The number of nitrogens with zero attached hydrogens (tertiary/aromatic N) is 1. The maximum atomic E-state index is 11.5. The van der Waals surface area contributed by atoms with E-state index in [9.17, 15) is 4.79 Å². The summed E-state index contributed by atoms with van der Waals surface area (Å²) in [6.45, 7) is 8.35. The van der Waals surface area contributed by atoms with Crippen molar-refractivity contribution in [2.24, 2.45) is 0 Å². The molecule has 0 aromatic carbocycles. The van der Waals surface area contributed by atoms with Crippen LogP contribution >= 0.6 is 11.3 Å². The van der Waals surface area contributed by atoms with Gasteiger partial charge in [-0.2, -0.15) is 0 Å². The van der Waals surface area contributed by atoms with E-state index in [4.69, 9.17) is 4.74 Å². The Morgan fingerprint density at radius 3 is 2.78 bits per heavy atom. The van der Waals surface area contributed by atoms with Crippen LogP contribution in [0, 0.1) is 0 Å². The molecule has 102 valence electrons. The zero-order chi connectivity index (χ0) is 13.6. The average Bonchev–Trinajstić information content (AvgIpc) is 2.75. The van der Waals surface area contributed by atoms with Crippen LogP contribution in [0.4, 0.5) is 0 Å². The van der Waals surface area contributed by atoms with Crippen molar-refractivity contribution in [3.8, 4) is 0 Å². The van der Waals surface area contributed by atoms with Crippen LogP contribution in [-0.2, 0) is 9.53 Å². The van der Waals surface area contributed by atoms with Crippen LogP contribution in [0.25, 0.3) is 0 Å². The molecule has 0 radical (unpaired) electrons. The summed E-state index contributed by atoms with van der Waals surface area (Å²) in [6, 6.07) is 0.229. The van der Waals surface area contributed by atoms with Gasteiger partial charge in [0.25, 0.3) is 0 Å². The predicted molar refractivity (Wildman–Crippen MR) is 73.6 cm³/mol. The van der Waals surface area contributed by atoms with Crippen molar-refractivity contribution >= 4 is 17.3 Å². The van der Waals surface area contributed by atoms with E-state index in [1.165, 1.54) is 0 Å². The molecule has 1 atom stereocenters. The van der Waals surface area contributed by atoms with Gasteiger partial charge in [0.05, 0.1) is 12.5 Å². The summed E-state index contributed by atoms with van der Waals surface area (Å²) in [5.74, 6) is -0.163. The van der Waals surface area contributed by atoms with Crippen LogP contribution in [-0.4, -0.2) is 23.1 Å². The fourth-order valence-corrected chi connectivity index (χ4v) is 2.35. The number of carbonyl (C=O) groups is 1. The summed E-state index contributed by atoms with van der Waals surface area (Å²) in [6.07, 6.45) is 3.15. The van der Waals surface area contributed by atoms with Gasteiger partial charge in [-0.3, -0.25) is 4.79 Å². The fraction of sp³-hybridized carbons (Fsp3) is 0.692. The molecule has 1 heterocycles. The first-order chi connectivity index (χ1) is 8.42. The topological polar surface area (TPSA) is 51.2 Å². The largest absolute Gasteiger partial charge is 0.460 e. The number of rotatable bonds is 6. The van der Waals surface area contributed by atoms with Gasteiger partial charge in [0, 0.05) is 18.1 Å². The van der Waals surface area contributed by atoms with Crippen LogP contribution < -0.4 is 5.32 Å². The van der Waals surface area contributed by atoms with E-state index in [1.807, 2.05) is 26.2 Å². The molecule has 18 heavy (non-hydrogen) atoms. The molecule has 1 aromatic heterocycles. The lowest BCUT2D eigenvalue weighted by atomic mass is 10.2. The maximum Gasteiger partial charge on any atom is 0.307 e. The second kappa shape index (κ2) is 6.85. The molecule has 4 nitrogen and oxygen atoms in total. The van der Waals surface area contributed by atoms with Crippen molar-refractivity contribution in [2.75, 3.05) is 6.54 Å². The SMILES string of the molecule is CCC(NCCC(=O)OC(C)(C)C)c1nccs1. The number of carbonyl (C=O) groups excluding carboxylic acids is 1. The number of nitrogens with one attached hydrogen (secondary N) is 1. The quantitative estimate of drug-likeness (QED) is 0.808. The summed E-state index contributed by atoms with van der Waals surface area (Å²) >= 11 is 1.63. The second-order valence-electron chi connectivity index (χ2n) is 5.12. The molecule has 0 aliphatic carbocycles. The van der Waals surface area contributed by atoms with Crippen LogP contribution in [0.1, 0.15) is 51.6 Å².